The lowest BCUT2D eigenvalue weighted by atomic mass is 10.0. The van der Waals surface area contributed by atoms with Crippen molar-refractivity contribution in [3.05, 3.63) is 88.5 Å². The Balaban J connectivity index is 1.54. The van der Waals surface area contributed by atoms with Crippen LogP contribution in [0.2, 0.25) is 5.02 Å². The largest absolute Gasteiger partial charge is 0.326 e. The first kappa shape index (κ1) is 21.0. The number of hydrogen-bond acceptors (Lipinski definition) is 3. The Kier molecular flexibility index (Phi) is 6.00. The van der Waals surface area contributed by atoms with Gasteiger partial charge in [-0.1, -0.05) is 17.7 Å². The average Bonchev–Trinajstić information content (AvgIpc) is 2.78. The summed E-state index contributed by atoms with van der Waals surface area (Å²) in [6.07, 6.45) is 1.51. The van der Waals surface area contributed by atoms with E-state index in [0.717, 1.165) is 24.2 Å². The number of nitrogens with zero attached hydrogens (tertiary/aromatic N) is 2. The number of carbonyl (C=O) groups excluding carboxylic acids is 2. The van der Waals surface area contributed by atoms with Crippen LogP contribution in [0.4, 0.5) is 15.8 Å². The van der Waals surface area contributed by atoms with Gasteiger partial charge in [0, 0.05) is 22.8 Å². The maximum Gasteiger partial charge on any atom is 0.258 e. The summed E-state index contributed by atoms with van der Waals surface area (Å²) >= 11 is 6.04. The molecule has 0 fully saturated rings. The molecular formula is C24H21ClFN3O2. The second kappa shape index (κ2) is 8.86. The van der Waals surface area contributed by atoms with Gasteiger partial charge in [-0.25, -0.2) is 4.39 Å². The number of rotatable bonds is 4. The van der Waals surface area contributed by atoms with E-state index in [2.05, 4.69) is 5.32 Å². The van der Waals surface area contributed by atoms with Crippen molar-refractivity contribution < 1.29 is 14.0 Å². The van der Waals surface area contributed by atoms with Crippen molar-refractivity contribution in [2.75, 3.05) is 16.8 Å². The molecule has 2 amide bonds. The molecule has 0 aliphatic carbocycles. The third kappa shape index (κ3) is 4.59. The fourth-order valence-electron chi connectivity index (χ4n) is 3.61. The Morgan fingerprint density at radius 1 is 1.13 bits per heavy atom. The van der Waals surface area contributed by atoms with Gasteiger partial charge in [-0.15, -0.1) is 0 Å². The lowest BCUT2D eigenvalue weighted by Crippen LogP contribution is -2.36. The van der Waals surface area contributed by atoms with Crippen LogP contribution >= 0.6 is 11.6 Å². The number of benzene rings is 2. The van der Waals surface area contributed by atoms with E-state index in [1.807, 2.05) is 6.07 Å². The lowest BCUT2D eigenvalue weighted by Gasteiger charge is -2.29. The number of aromatic nitrogens is 1. The van der Waals surface area contributed by atoms with Crippen molar-refractivity contribution in [1.29, 1.82) is 0 Å². The number of hydrogen-bond donors (Lipinski definition) is 1. The van der Waals surface area contributed by atoms with E-state index in [-0.39, 0.29) is 17.6 Å². The molecule has 0 bridgehead atoms. The molecule has 0 saturated carbocycles. The molecule has 0 saturated heterocycles. The molecule has 0 spiro atoms. The van der Waals surface area contributed by atoms with Gasteiger partial charge in [-0.3, -0.25) is 14.6 Å². The molecule has 1 aromatic heterocycles. The minimum atomic E-state index is -0.505. The molecule has 2 heterocycles. The standard InChI is InChI=1S/C24H21ClFN3O2/c1-15(23(30)27-19-9-7-18(26)8-10-19)20-11-12-22-21(28-20)6-3-13-29(22)24(31)16-4-2-5-17(25)14-16/h2,4-5,7-12,14-15H,3,6,13H2,1H3,(H,27,30). The van der Waals surface area contributed by atoms with E-state index in [4.69, 9.17) is 16.6 Å². The van der Waals surface area contributed by atoms with Gasteiger partial charge in [0.05, 0.1) is 23.0 Å². The summed E-state index contributed by atoms with van der Waals surface area (Å²) in [5.74, 6) is -1.23. The van der Waals surface area contributed by atoms with E-state index < -0.39 is 5.92 Å². The average molecular weight is 438 g/mol. The lowest BCUT2D eigenvalue weighted by molar-refractivity contribution is -0.117. The highest BCUT2D eigenvalue weighted by atomic mass is 35.5. The molecule has 1 atom stereocenters. The van der Waals surface area contributed by atoms with Crippen LogP contribution in [0.15, 0.2) is 60.7 Å². The minimum Gasteiger partial charge on any atom is -0.326 e. The normalized spacial score (nSPS) is 14.0. The molecule has 31 heavy (non-hydrogen) atoms. The molecule has 3 aromatic rings. The highest BCUT2D eigenvalue weighted by molar-refractivity contribution is 6.31. The minimum absolute atomic E-state index is 0.125. The number of pyridine rings is 1. The van der Waals surface area contributed by atoms with Crippen LogP contribution in [0.3, 0.4) is 0 Å². The maximum atomic E-state index is 13.1. The summed E-state index contributed by atoms with van der Waals surface area (Å²) in [6.45, 7) is 2.37. The Morgan fingerprint density at radius 2 is 1.90 bits per heavy atom. The monoisotopic (exact) mass is 437 g/mol. The molecule has 158 valence electrons. The zero-order valence-corrected chi connectivity index (χ0v) is 17.7. The summed E-state index contributed by atoms with van der Waals surface area (Å²) in [7, 11) is 0. The van der Waals surface area contributed by atoms with Gasteiger partial charge in [-0.05, 0) is 74.4 Å². The van der Waals surface area contributed by atoms with E-state index in [0.29, 0.717) is 28.5 Å². The van der Waals surface area contributed by atoms with Crippen molar-refractivity contribution in [2.45, 2.75) is 25.7 Å². The van der Waals surface area contributed by atoms with Crippen molar-refractivity contribution in [1.82, 2.24) is 4.98 Å². The van der Waals surface area contributed by atoms with Crippen LogP contribution in [-0.2, 0) is 11.2 Å². The summed E-state index contributed by atoms with van der Waals surface area (Å²) < 4.78 is 13.1. The first-order valence-electron chi connectivity index (χ1n) is 10.1. The van der Waals surface area contributed by atoms with Gasteiger partial charge >= 0.3 is 0 Å². The molecule has 1 unspecified atom stereocenters. The Bertz CT molecular complexity index is 1130. The number of anilines is 2. The third-order valence-electron chi connectivity index (χ3n) is 5.32. The van der Waals surface area contributed by atoms with E-state index in [1.165, 1.54) is 24.3 Å². The molecule has 2 aromatic carbocycles. The third-order valence-corrected chi connectivity index (χ3v) is 5.56. The van der Waals surface area contributed by atoms with Crippen LogP contribution in [0.1, 0.15) is 41.0 Å². The predicted molar refractivity (Wildman–Crippen MR) is 119 cm³/mol. The number of halogens is 2. The maximum absolute atomic E-state index is 13.1. The summed E-state index contributed by atoms with van der Waals surface area (Å²) in [4.78, 5) is 32.1. The second-order valence-corrected chi connectivity index (χ2v) is 7.93. The van der Waals surface area contributed by atoms with Gasteiger partial charge < -0.3 is 10.2 Å². The number of aryl methyl sites for hydroxylation is 1. The first-order chi connectivity index (χ1) is 14.9. The number of amides is 2. The zero-order valence-electron chi connectivity index (χ0n) is 16.9. The van der Waals surface area contributed by atoms with Gasteiger partial charge in [-0.2, -0.15) is 0 Å². The molecule has 4 rings (SSSR count). The van der Waals surface area contributed by atoms with Crippen molar-refractivity contribution in [3.8, 4) is 0 Å². The zero-order chi connectivity index (χ0) is 22.0. The Hall–Kier alpha value is -3.25. The number of fused-ring (bicyclic) bond motifs is 1. The Labute approximate surface area is 184 Å². The summed E-state index contributed by atoms with van der Waals surface area (Å²) in [5, 5.41) is 3.29. The van der Waals surface area contributed by atoms with Gasteiger partial charge in [0.25, 0.3) is 5.91 Å². The fraction of sp³-hybridized carbons (Fsp3) is 0.208. The molecule has 1 N–H and O–H groups in total. The molecular weight excluding hydrogens is 417 g/mol. The molecule has 1 aliphatic rings. The van der Waals surface area contributed by atoms with E-state index in [9.17, 15) is 14.0 Å². The quantitative estimate of drug-likeness (QED) is 0.609. The summed E-state index contributed by atoms with van der Waals surface area (Å²) in [5.41, 5.74) is 3.22. The van der Waals surface area contributed by atoms with Gasteiger partial charge in [0.15, 0.2) is 0 Å². The van der Waals surface area contributed by atoms with Crippen LogP contribution in [0, 0.1) is 5.82 Å². The highest BCUT2D eigenvalue weighted by Gasteiger charge is 2.26. The van der Waals surface area contributed by atoms with E-state index in [1.54, 1.807) is 42.2 Å². The molecule has 7 heteroatoms. The smallest absolute Gasteiger partial charge is 0.258 e. The topological polar surface area (TPSA) is 62.3 Å². The van der Waals surface area contributed by atoms with Crippen molar-refractivity contribution >= 4 is 34.8 Å². The van der Waals surface area contributed by atoms with Crippen molar-refractivity contribution in [3.63, 3.8) is 0 Å². The van der Waals surface area contributed by atoms with Crippen LogP contribution < -0.4 is 10.2 Å². The van der Waals surface area contributed by atoms with Gasteiger partial charge in [0.1, 0.15) is 5.82 Å². The van der Waals surface area contributed by atoms with Crippen LogP contribution in [0.5, 0.6) is 0 Å². The Morgan fingerprint density at radius 3 is 2.65 bits per heavy atom. The number of nitrogens with one attached hydrogen (secondary N) is 1. The predicted octanol–water partition coefficient (Wildman–Crippen LogP) is 5.21. The highest BCUT2D eigenvalue weighted by Crippen LogP contribution is 2.30. The fourth-order valence-corrected chi connectivity index (χ4v) is 3.80. The SMILES string of the molecule is CC(C(=O)Nc1ccc(F)cc1)c1ccc2c(n1)CCCN2C(=O)c1cccc(Cl)c1. The molecule has 5 nitrogen and oxygen atoms in total. The second-order valence-electron chi connectivity index (χ2n) is 7.49. The van der Waals surface area contributed by atoms with Crippen molar-refractivity contribution in [2.24, 2.45) is 0 Å². The molecule has 1 aliphatic heterocycles. The first-order valence-corrected chi connectivity index (χ1v) is 10.4. The van der Waals surface area contributed by atoms with E-state index >= 15 is 0 Å². The van der Waals surface area contributed by atoms with Gasteiger partial charge in [0.2, 0.25) is 5.91 Å². The number of carbonyl (C=O) groups is 2. The van der Waals surface area contributed by atoms with Crippen LogP contribution in [0.25, 0.3) is 0 Å². The summed E-state index contributed by atoms with van der Waals surface area (Å²) in [6, 6.07) is 16.1. The molecule has 0 radical (unpaired) electrons. The van der Waals surface area contributed by atoms with Crippen LogP contribution in [-0.4, -0.2) is 23.3 Å².